The molecule has 0 unspecified atom stereocenters. The third-order valence-electron chi connectivity index (χ3n) is 2.58. The Morgan fingerprint density at radius 3 is 3.12 bits per heavy atom. The summed E-state index contributed by atoms with van der Waals surface area (Å²) in [6.07, 6.45) is 8.41. The number of unbranched alkanes of at least 4 members (excludes halogenated alkanes) is 2. The van der Waals surface area contributed by atoms with Crippen molar-refractivity contribution in [1.82, 2.24) is 9.38 Å². The zero-order chi connectivity index (χ0) is 11.4. The molecule has 0 saturated carbocycles. The highest BCUT2D eigenvalue weighted by atomic mass is 32.1. The first kappa shape index (κ1) is 11.3. The second-order valence-electron chi connectivity index (χ2n) is 4.00. The molecule has 0 aliphatic carbocycles. The summed E-state index contributed by atoms with van der Waals surface area (Å²) in [5.74, 6) is 0.305. The van der Waals surface area contributed by atoms with Crippen LogP contribution in [0.5, 0.6) is 0 Å². The Kier molecular flexibility index (Phi) is 3.72. The molecule has 3 nitrogen and oxygen atoms in total. The average Bonchev–Trinajstić information content (AvgIpc) is 2.78. The van der Waals surface area contributed by atoms with Crippen LogP contribution in [0.4, 0.5) is 0 Å². The number of aromatic nitrogens is 2. The number of carbonyl (C=O) groups is 1. The molecule has 0 spiro atoms. The zero-order valence-electron chi connectivity index (χ0n) is 9.48. The van der Waals surface area contributed by atoms with Crippen molar-refractivity contribution in [3.8, 4) is 0 Å². The fraction of sp³-hybridized carbons (Fsp3) is 0.500. The van der Waals surface area contributed by atoms with Crippen LogP contribution < -0.4 is 0 Å². The Bertz CT molecular complexity index is 444. The summed E-state index contributed by atoms with van der Waals surface area (Å²) in [6.45, 7) is 2.15. The summed E-state index contributed by atoms with van der Waals surface area (Å²) in [4.78, 5) is 17.0. The minimum absolute atomic E-state index is 0.305. The Morgan fingerprint density at radius 2 is 2.38 bits per heavy atom. The monoisotopic (exact) mass is 236 g/mol. The minimum atomic E-state index is 0.305. The van der Waals surface area contributed by atoms with E-state index in [9.17, 15) is 4.79 Å². The predicted octanol–water partition coefficient (Wildman–Crippen LogP) is 3.09. The number of thiazole rings is 1. The molecule has 0 radical (unpaired) electrons. The summed E-state index contributed by atoms with van der Waals surface area (Å²) < 4.78 is 1.97. The van der Waals surface area contributed by atoms with Crippen LogP contribution in [0.3, 0.4) is 0 Å². The van der Waals surface area contributed by atoms with E-state index >= 15 is 0 Å². The zero-order valence-corrected chi connectivity index (χ0v) is 10.3. The van der Waals surface area contributed by atoms with Gasteiger partial charge in [-0.3, -0.25) is 9.20 Å². The maximum absolute atomic E-state index is 11.6. The van der Waals surface area contributed by atoms with Crippen molar-refractivity contribution in [3.05, 3.63) is 23.5 Å². The van der Waals surface area contributed by atoms with Crippen molar-refractivity contribution in [2.45, 2.75) is 39.0 Å². The van der Waals surface area contributed by atoms with Crippen molar-refractivity contribution in [3.63, 3.8) is 0 Å². The molecule has 0 N–H and O–H groups in total. The standard InChI is InChI=1S/C12H16N2OS/c1-2-3-4-5-11(15)8-10-9-14-6-7-16-12(14)13-10/h6-7,9H,2-5,8H2,1H3. The molecule has 0 amide bonds. The topological polar surface area (TPSA) is 34.4 Å². The van der Waals surface area contributed by atoms with Crippen molar-refractivity contribution >= 4 is 22.1 Å². The summed E-state index contributed by atoms with van der Waals surface area (Å²) >= 11 is 1.60. The van der Waals surface area contributed by atoms with Gasteiger partial charge in [0.2, 0.25) is 0 Å². The Labute approximate surface area is 99.1 Å². The second kappa shape index (κ2) is 5.25. The van der Waals surface area contributed by atoms with E-state index in [0.717, 1.165) is 29.9 Å². The van der Waals surface area contributed by atoms with Crippen molar-refractivity contribution in [2.24, 2.45) is 0 Å². The first-order valence-corrected chi connectivity index (χ1v) is 6.60. The number of fused-ring (bicyclic) bond motifs is 1. The molecular weight excluding hydrogens is 220 g/mol. The Hall–Kier alpha value is -1.16. The van der Waals surface area contributed by atoms with E-state index in [1.165, 1.54) is 0 Å². The molecule has 0 aliphatic heterocycles. The summed E-state index contributed by atoms with van der Waals surface area (Å²) in [5, 5.41) is 2.00. The quantitative estimate of drug-likeness (QED) is 0.722. The van der Waals surface area contributed by atoms with Gasteiger partial charge in [0.1, 0.15) is 5.78 Å². The number of hydrogen-bond donors (Lipinski definition) is 0. The summed E-state index contributed by atoms with van der Waals surface area (Å²) in [5.41, 5.74) is 0.897. The largest absolute Gasteiger partial charge is 0.299 e. The molecular formula is C12H16N2OS. The highest BCUT2D eigenvalue weighted by Crippen LogP contribution is 2.12. The van der Waals surface area contributed by atoms with Crippen LogP contribution in [0, 0.1) is 0 Å². The molecule has 0 aromatic carbocycles. The smallest absolute Gasteiger partial charge is 0.193 e. The third kappa shape index (κ3) is 2.70. The van der Waals surface area contributed by atoms with Crippen molar-refractivity contribution < 1.29 is 4.79 Å². The molecule has 2 aromatic heterocycles. The lowest BCUT2D eigenvalue weighted by molar-refractivity contribution is -0.118. The maximum Gasteiger partial charge on any atom is 0.193 e. The average molecular weight is 236 g/mol. The van der Waals surface area contributed by atoms with Crippen LogP contribution in [0.25, 0.3) is 4.96 Å². The van der Waals surface area contributed by atoms with E-state index in [1.807, 2.05) is 22.2 Å². The van der Waals surface area contributed by atoms with Gasteiger partial charge in [-0.15, -0.1) is 11.3 Å². The number of Topliss-reactive ketones (excluding diaryl/α,β-unsaturated/α-hetero) is 1. The molecule has 4 heteroatoms. The van der Waals surface area contributed by atoms with Crippen LogP contribution in [0.15, 0.2) is 17.8 Å². The molecule has 0 aliphatic rings. The van der Waals surface area contributed by atoms with Gasteiger partial charge in [0.05, 0.1) is 12.1 Å². The first-order chi connectivity index (χ1) is 7.79. The van der Waals surface area contributed by atoms with Gasteiger partial charge in [-0.05, 0) is 6.42 Å². The Balaban J connectivity index is 1.89. The molecule has 2 heterocycles. The number of carbonyl (C=O) groups excluding carboxylic acids is 1. The second-order valence-corrected chi connectivity index (χ2v) is 4.87. The van der Waals surface area contributed by atoms with Gasteiger partial charge in [-0.1, -0.05) is 19.8 Å². The van der Waals surface area contributed by atoms with Crippen LogP contribution >= 0.6 is 11.3 Å². The van der Waals surface area contributed by atoms with Gasteiger partial charge in [-0.25, -0.2) is 4.98 Å². The first-order valence-electron chi connectivity index (χ1n) is 5.72. The molecule has 16 heavy (non-hydrogen) atoms. The fourth-order valence-electron chi connectivity index (χ4n) is 1.72. The number of rotatable bonds is 6. The number of ketones is 1. The molecule has 0 saturated heterocycles. The van der Waals surface area contributed by atoms with Gasteiger partial charge >= 0.3 is 0 Å². The maximum atomic E-state index is 11.6. The Morgan fingerprint density at radius 1 is 1.50 bits per heavy atom. The van der Waals surface area contributed by atoms with Crippen molar-refractivity contribution in [1.29, 1.82) is 0 Å². The van der Waals surface area contributed by atoms with Crippen LogP contribution in [-0.2, 0) is 11.2 Å². The van der Waals surface area contributed by atoms with Gasteiger partial charge in [0.15, 0.2) is 4.96 Å². The van der Waals surface area contributed by atoms with Crippen LogP contribution in [0.2, 0.25) is 0 Å². The minimum Gasteiger partial charge on any atom is -0.299 e. The lowest BCUT2D eigenvalue weighted by Gasteiger charge is -1.97. The molecule has 2 rings (SSSR count). The van der Waals surface area contributed by atoms with E-state index in [0.29, 0.717) is 18.6 Å². The van der Waals surface area contributed by atoms with Gasteiger partial charge < -0.3 is 0 Å². The molecule has 86 valence electrons. The SMILES string of the molecule is CCCCCC(=O)Cc1cn2ccsc2n1. The molecule has 0 fully saturated rings. The third-order valence-corrected chi connectivity index (χ3v) is 3.35. The highest BCUT2D eigenvalue weighted by Gasteiger charge is 2.07. The lowest BCUT2D eigenvalue weighted by atomic mass is 10.1. The summed E-state index contributed by atoms with van der Waals surface area (Å²) in [6, 6.07) is 0. The van der Waals surface area contributed by atoms with E-state index in [4.69, 9.17) is 0 Å². The predicted molar refractivity (Wildman–Crippen MR) is 65.9 cm³/mol. The lowest BCUT2D eigenvalue weighted by Crippen LogP contribution is -2.02. The van der Waals surface area contributed by atoms with Gasteiger partial charge in [0, 0.05) is 24.2 Å². The number of imidazole rings is 1. The molecule has 0 atom stereocenters. The van der Waals surface area contributed by atoms with E-state index in [1.54, 1.807) is 11.3 Å². The van der Waals surface area contributed by atoms with Crippen LogP contribution in [0.1, 0.15) is 38.3 Å². The molecule has 2 aromatic rings. The van der Waals surface area contributed by atoms with E-state index in [-0.39, 0.29) is 0 Å². The van der Waals surface area contributed by atoms with E-state index < -0.39 is 0 Å². The number of nitrogens with zero attached hydrogens (tertiary/aromatic N) is 2. The van der Waals surface area contributed by atoms with Crippen LogP contribution in [-0.4, -0.2) is 15.2 Å². The number of hydrogen-bond acceptors (Lipinski definition) is 3. The normalized spacial score (nSPS) is 11.1. The molecule has 0 bridgehead atoms. The van der Waals surface area contributed by atoms with Gasteiger partial charge in [-0.2, -0.15) is 0 Å². The fourth-order valence-corrected chi connectivity index (χ4v) is 2.44. The van der Waals surface area contributed by atoms with Gasteiger partial charge in [0.25, 0.3) is 0 Å². The van der Waals surface area contributed by atoms with E-state index in [2.05, 4.69) is 11.9 Å². The van der Waals surface area contributed by atoms with Crippen molar-refractivity contribution in [2.75, 3.05) is 0 Å². The highest BCUT2D eigenvalue weighted by molar-refractivity contribution is 7.15. The summed E-state index contributed by atoms with van der Waals surface area (Å²) in [7, 11) is 0.